The first-order valence-electron chi connectivity index (χ1n) is 14.8. The van der Waals surface area contributed by atoms with E-state index in [4.69, 9.17) is 25.0 Å². The first-order valence-corrected chi connectivity index (χ1v) is 15.7. The molecule has 6 aromatic rings. The van der Waals surface area contributed by atoms with Crippen LogP contribution in [0.2, 0.25) is 0 Å². The van der Waals surface area contributed by atoms with Crippen LogP contribution >= 0.6 is 11.3 Å². The van der Waals surface area contributed by atoms with Crippen molar-refractivity contribution < 1.29 is 27.6 Å². The largest absolute Gasteiger partial charge is 0.496 e. The molecule has 0 radical (unpaired) electrons. The third-order valence-electron chi connectivity index (χ3n) is 8.38. The number of benzene rings is 3. The molecule has 13 heteroatoms. The number of carbonyl (C=O) groups is 2. The van der Waals surface area contributed by atoms with Crippen molar-refractivity contribution >= 4 is 39.9 Å². The van der Waals surface area contributed by atoms with E-state index >= 15 is 0 Å². The highest BCUT2D eigenvalue weighted by molar-refractivity contribution is 7.12. The Balaban J connectivity index is 1.42. The third-order valence-corrected chi connectivity index (χ3v) is 9.20. The van der Waals surface area contributed by atoms with Gasteiger partial charge in [-0.15, -0.1) is 11.3 Å². The summed E-state index contributed by atoms with van der Waals surface area (Å²) in [5.41, 5.74) is 11.1. The molecule has 2 N–H and O–H groups in total. The lowest BCUT2D eigenvalue weighted by Crippen LogP contribution is -2.39. The first kappa shape index (κ1) is 30.2. The molecule has 47 heavy (non-hydrogen) atoms. The number of fused-ring (bicyclic) bond motifs is 1. The molecule has 0 saturated carbocycles. The molecule has 4 heterocycles. The number of nitrogens with zero attached hydrogens (tertiary/aromatic N) is 5. The zero-order chi connectivity index (χ0) is 33.0. The van der Waals surface area contributed by atoms with Crippen molar-refractivity contribution in [3.05, 3.63) is 94.5 Å². The molecule has 1 saturated heterocycles. The summed E-state index contributed by atoms with van der Waals surface area (Å²) in [6.07, 6.45) is 1.38. The quantitative estimate of drug-likeness (QED) is 0.195. The number of ether oxygens (including phenoxy) is 1. The molecular weight excluding hydrogens is 626 g/mol. The van der Waals surface area contributed by atoms with Gasteiger partial charge in [0.2, 0.25) is 11.8 Å². The van der Waals surface area contributed by atoms with Crippen LogP contribution in [0, 0.1) is 25.5 Å². The summed E-state index contributed by atoms with van der Waals surface area (Å²) in [4.78, 5) is 36.8. The van der Waals surface area contributed by atoms with Gasteiger partial charge in [-0.1, -0.05) is 11.2 Å². The molecule has 3 aromatic carbocycles. The lowest BCUT2D eigenvalue weighted by atomic mass is 9.99. The second kappa shape index (κ2) is 11.7. The number of amides is 2. The van der Waals surface area contributed by atoms with Crippen LogP contribution in [0.4, 0.5) is 14.5 Å². The van der Waals surface area contributed by atoms with E-state index in [0.717, 1.165) is 34.5 Å². The van der Waals surface area contributed by atoms with Crippen LogP contribution in [-0.4, -0.2) is 38.6 Å². The van der Waals surface area contributed by atoms with Crippen LogP contribution in [-0.2, 0) is 4.79 Å². The van der Waals surface area contributed by atoms with Crippen molar-refractivity contribution in [3.63, 3.8) is 0 Å². The number of piperidine rings is 1. The summed E-state index contributed by atoms with van der Waals surface area (Å²) < 4.78 is 41.3. The molecule has 1 atom stereocenters. The average molecular weight is 655 g/mol. The molecule has 0 aliphatic carbocycles. The van der Waals surface area contributed by atoms with Gasteiger partial charge in [0.1, 0.15) is 17.3 Å². The Morgan fingerprint density at radius 1 is 1.06 bits per heavy atom. The minimum Gasteiger partial charge on any atom is -0.496 e. The van der Waals surface area contributed by atoms with Crippen LogP contribution in [0.1, 0.15) is 52.9 Å². The van der Waals surface area contributed by atoms with Gasteiger partial charge in [-0.3, -0.25) is 14.2 Å². The summed E-state index contributed by atoms with van der Waals surface area (Å²) in [5.74, 6) is -1.22. The van der Waals surface area contributed by atoms with E-state index in [-0.39, 0.29) is 18.0 Å². The number of hydrogen-bond donors (Lipinski definition) is 1. The molecule has 0 unspecified atom stereocenters. The molecule has 10 nitrogen and oxygen atoms in total. The molecule has 1 fully saturated rings. The number of halogens is 2. The summed E-state index contributed by atoms with van der Waals surface area (Å²) in [6, 6.07) is 13.6. The normalized spacial score (nSPS) is 15.0. The zero-order valence-electron chi connectivity index (χ0n) is 25.6. The number of carbonyl (C=O) groups excluding carboxylic acids is 2. The first-order chi connectivity index (χ1) is 22.6. The molecule has 1 aliphatic heterocycles. The molecule has 1 aliphatic rings. The number of rotatable bonds is 7. The Morgan fingerprint density at radius 2 is 1.89 bits per heavy atom. The number of nitrogens with two attached hydrogens (primary N) is 1. The lowest BCUT2D eigenvalue weighted by molar-refractivity contribution is -0.120. The standard InChI is InChI=1S/C34H28F2N6O4S/c1-17-31(18(2)46-40-17)19-8-12-27-25(13-19)38-33(28-5-4-6-30(43)41(28)21-9-11-23(35)24(36)15-21)42(27)34-39-26(16-47-34)22-10-7-20(32(37)44)14-29(22)45-3/h7-16,28H,4-6H2,1-3H3,(H2,37,44)/t28-/m0/s1. The molecule has 0 spiro atoms. The van der Waals surface area contributed by atoms with Crippen molar-refractivity contribution in [1.29, 1.82) is 0 Å². The fraction of sp³-hybridized carbons (Fsp3) is 0.206. The predicted octanol–water partition coefficient (Wildman–Crippen LogP) is 7.06. The summed E-state index contributed by atoms with van der Waals surface area (Å²) >= 11 is 1.36. The number of imidazole rings is 1. The zero-order valence-corrected chi connectivity index (χ0v) is 26.4. The smallest absolute Gasteiger partial charge is 0.248 e. The van der Waals surface area contributed by atoms with Gasteiger partial charge in [0.25, 0.3) is 0 Å². The highest BCUT2D eigenvalue weighted by Crippen LogP contribution is 2.41. The molecule has 0 bridgehead atoms. The van der Waals surface area contributed by atoms with Crippen LogP contribution in [0.15, 0.2) is 64.5 Å². The number of aromatic nitrogens is 4. The monoisotopic (exact) mass is 654 g/mol. The number of thiazole rings is 1. The van der Waals surface area contributed by atoms with Gasteiger partial charge in [0.15, 0.2) is 16.8 Å². The Hall–Kier alpha value is -5.43. The van der Waals surface area contributed by atoms with E-state index in [0.29, 0.717) is 57.6 Å². The molecule has 238 valence electrons. The Kier molecular flexibility index (Phi) is 7.55. The van der Waals surface area contributed by atoms with E-state index in [1.807, 2.05) is 42.0 Å². The fourth-order valence-corrected chi connectivity index (χ4v) is 7.04. The predicted molar refractivity (Wildman–Crippen MR) is 173 cm³/mol. The summed E-state index contributed by atoms with van der Waals surface area (Å²) in [5, 5.41) is 6.52. The van der Waals surface area contributed by atoms with Gasteiger partial charge in [0.05, 0.1) is 35.6 Å². The second-order valence-corrected chi connectivity index (χ2v) is 12.1. The average Bonchev–Trinajstić information content (AvgIpc) is 3.78. The van der Waals surface area contributed by atoms with Crippen LogP contribution in [0.25, 0.3) is 38.5 Å². The van der Waals surface area contributed by atoms with E-state index in [1.54, 1.807) is 18.2 Å². The van der Waals surface area contributed by atoms with Crippen molar-refractivity contribution in [2.45, 2.75) is 39.2 Å². The Morgan fingerprint density at radius 3 is 2.62 bits per heavy atom. The van der Waals surface area contributed by atoms with Crippen molar-refractivity contribution in [1.82, 2.24) is 19.7 Å². The second-order valence-electron chi connectivity index (χ2n) is 11.3. The van der Waals surface area contributed by atoms with Crippen molar-refractivity contribution in [2.24, 2.45) is 5.73 Å². The van der Waals surface area contributed by atoms with E-state index in [1.165, 1.54) is 29.4 Å². The van der Waals surface area contributed by atoms with Gasteiger partial charge in [0, 0.05) is 40.2 Å². The number of anilines is 1. The number of primary amides is 1. The van der Waals surface area contributed by atoms with E-state index in [9.17, 15) is 18.4 Å². The maximum Gasteiger partial charge on any atom is 0.248 e. The molecule has 3 aromatic heterocycles. The molecule has 2 amide bonds. The van der Waals surface area contributed by atoms with Gasteiger partial charge in [-0.2, -0.15) is 0 Å². The number of hydrogen-bond acceptors (Lipinski definition) is 8. The number of aryl methyl sites for hydroxylation is 2. The molecule has 7 rings (SSSR count). The Labute approximate surface area is 271 Å². The van der Waals surface area contributed by atoms with Crippen molar-refractivity contribution in [3.8, 4) is 33.3 Å². The van der Waals surface area contributed by atoms with Crippen LogP contribution in [0.5, 0.6) is 5.75 Å². The maximum absolute atomic E-state index is 14.5. The minimum absolute atomic E-state index is 0.221. The fourth-order valence-electron chi connectivity index (χ4n) is 6.19. The molecular formula is C34H28F2N6O4S. The highest BCUT2D eigenvalue weighted by atomic mass is 32.1. The summed E-state index contributed by atoms with van der Waals surface area (Å²) in [6.45, 7) is 3.72. The highest BCUT2D eigenvalue weighted by Gasteiger charge is 2.35. The topological polar surface area (TPSA) is 129 Å². The SMILES string of the molecule is COc1cc(C(N)=O)ccc1-c1csc(-n2c([C@@H]3CCCC(=O)N3c3ccc(F)c(F)c3)nc3cc(-c4c(C)noc4C)ccc32)n1. The van der Waals surface area contributed by atoms with Gasteiger partial charge >= 0.3 is 0 Å². The summed E-state index contributed by atoms with van der Waals surface area (Å²) in [7, 11) is 1.50. The van der Waals surface area contributed by atoms with Gasteiger partial charge in [-0.25, -0.2) is 18.7 Å². The minimum atomic E-state index is -1.04. The number of methoxy groups -OCH3 is 1. The van der Waals surface area contributed by atoms with Gasteiger partial charge < -0.3 is 19.9 Å². The van der Waals surface area contributed by atoms with E-state index in [2.05, 4.69) is 5.16 Å². The third kappa shape index (κ3) is 5.22. The van der Waals surface area contributed by atoms with Gasteiger partial charge in [-0.05, 0) is 74.7 Å². The maximum atomic E-state index is 14.5. The van der Waals surface area contributed by atoms with Crippen LogP contribution in [0.3, 0.4) is 0 Å². The van der Waals surface area contributed by atoms with Crippen molar-refractivity contribution in [2.75, 3.05) is 12.0 Å². The van der Waals surface area contributed by atoms with Crippen LogP contribution < -0.4 is 15.4 Å². The Bertz CT molecular complexity index is 2190. The van der Waals surface area contributed by atoms with E-state index < -0.39 is 23.6 Å². The lowest BCUT2D eigenvalue weighted by Gasteiger charge is -2.35.